The van der Waals surface area contributed by atoms with Crippen LogP contribution in [0, 0.1) is 0 Å². The molecule has 0 aliphatic heterocycles. The zero-order chi connectivity index (χ0) is 16.1. The fraction of sp³-hybridized carbons (Fsp3) is 0.111. The Morgan fingerprint density at radius 1 is 1.04 bits per heavy atom. The van der Waals surface area contributed by atoms with E-state index in [0.29, 0.717) is 5.56 Å². The minimum Gasteiger partial charge on any atom is -0.457 e. The second kappa shape index (κ2) is 6.89. The van der Waals surface area contributed by atoms with Crippen LogP contribution in [0.5, 0.6) is 0 Å². The van der Waals surface area contributed by atoms with Crippen LogP contribution in [0.3, 0.4) is 0 Å². The number of benzene rings is 2. The van der Waals surface area contributed by atoms with E-state index in [0.717, 1.165) is 16.8 Å². The van der Waals surface area contributed by atoms with Gasteiger partial charge in [-0.3, -0.25) is 0 Å². The van der Waals surface area contributed by atoms with Crippen molar-refractivity contribution in [3.8, 4) is 5.69 Å². The molecule has 1 N–H and O–H groups in total. The lowest BCUT2D eigenvalue weighted by Crippen LogP contribution is -2.05. The van der Waals surface area contributed by atoms with Crippen LogP contribution in [0.1, 0.15) is 21.5 Å². The van der Waals surface area contributed by atoms with E-state index in [-0.39, 0.29) is 19.2 Å². The molecule has 1 heterocycles. The number of rotatable bonds is 5. The third-order valence-corrected chi connectivity index (χ3v) is 3.45. The molecule has 0 atom stereocenters. The van der Waals surface area contributed by atoms with Crippen LogP contribution in [-0.2, 0) is 18.0 Å². The maximum Gasteiger partial charge on any atom is 0.338 e. The van der Waals surface area contributed by atoms with Gasteiger partial charge >= 0.3 is 5.97 Å². The quantitative estimate of drug-likeness (QED) is 0.736. The number of carbonyl (C=O) groups is 1. The van der Waals surface area contributed by atoms with Crippen molar-refractivity contribution in [2.24, 2.45) is 0 Å². The predicted molar refractivity (Wildman–Crippen MR) is 85.0 cm³/mol. The molecule has 0 saturated carbocycles. The summed E-state index contributed by atoms with van der Waals surface area (Å²) in [5.41, 5.74) is 3.08. The average molecular weight is 308 g/mol. The molecule has 0 fully saturated rings. The molecule has 3 rings (SSSR count). The summed E-state index contributed by atoms with van der Waals surface area (Å²) in [6.45, 7) is 0.165. The smallest absolute Gasteiger partial charge is 0.338 e. The molecule has 23 heavy (non-hydrogen) atoms. The van der Waals surface area contributed by atoms with Crippen LogP contribution >= 0.6 is 0 Å². The Balaban J connectivity index is 1.60. The number of aliphatic hydroxyl groups excluding tert-OH is 1. The average Bonchev–Trinajstić information content (AvgIpc) is 3.15. The number of hydrogen-bond donors (Lipinski definition) is 1. The van der Waals surface area contributed by atoms with Crippen molar-refractivity contribution in [3.63, 3.8) is 0 Å². The molecule has 0 aliphatic carbocycles. The molecular formula is C18H16N2O3. The Morgan fingerprint density at radius 2 is 1.74 bits per heavy atom. The lowest BCUT2D eigenvalue weighted by molar-refractivity contribution is 0.0472. The molecule has 116 valence electrons. The lowest BCUT2D eigenvalue weighted by Gasteiger charge is -2.07. The summed E-state index contributed by atoms with van der Waals surface area (Å²) in [5, 5.41) is 13.1. The summed E-state index contributed by atoms with van der Waals surface area (Å²) in [6, 6.07) is 16.2. The number of aromatic nitrogens is 2. The normalized spacial score (nSPS) is 10.5. The predicted octanol–water partition coefficient (Wildman–Crippen LogP) is 2.72. The summed E-state index contributed by atoms with van der Waals surface area (Å²) in [7, 11) is 0. The number of nitrogens with zero attached hydrogens (tertiary/aromatic N) is 2. The van der Waals surface area contributed by atoms with E-state index < -0.39 is 0 Å². The third-order valence-electron chi connectivity index (χ3n) is 3.45. The molecule has 0 aliphatic rings. The van der Waals surface area contributed by atoms with Gasteiger partial charge in [-0.15, -0.1) is 0 Å². The van der Waals surface area contributed by atoms with Gasteiger partial charge in [0.15, 0.2) is 0 Å². The first-order valence-electron chi connectivity index (χ1n) is 7.22. The van der Waals surface area contributed by atoms with Crippen molar-refractivity contribution in [1.29, 1.82) is 0 Å². The van der Waals surface area contributed by atoms with Gasteiger partial charge in [-0.1, -0.05) is 24.3 Å². The molecule has 1 aromatic heterocycles. The fourth-order valence-electron chi connectivity index (χ4n) is 2.14. The Morgan fingerprint density at radius 3 is 2.35 bits per heavy atom. The first-order valence-corrected chi connectivity index (χ1v) is 7.22. The molecule has 0 amide bonds. The summed E-state index contributed by atoms with van der Waals surface area (Å²) in [4.78, 5) is 12.0. The number of carbonyl (C=O) groups excluding carboxylic acids is 1. The van der Waals surface area contributed by atoms with Crippen LogP contribution in [0.2, 0.25) is 0 Å². The van der Waals surface area contributed by atoms with E-state index in [2.05, 4.69) is 5.10 Å². The Labute approximate surface area is 133 Å². The van der Waals surface area contributed by atoms with Crippen molar-refractivity contribution in [3.05, 3.63) is 83.7 Å². The monoisotopic (exact) mass is 308 g/mol. The molecule has 5 nitrogen and oxygen atoms in total. The number of ether oxygens (including phenoxy) is 1. The molecule has 0 spiro atoms. The second-order valence-electron chi connectivity index (χ2n) is 5.05. The Bertz CT molecular complexity index is 763. The van der Waals surface area contributed by atoms with Gasteiger partial charge in [-0.2, -0.15) is 5.10 Å². The Hall–Kier alpha value is -2.92. The third kappa shape index (κ3) is 3.64. The van der Waals surface area contributed by atoms with Crippen LogP contribution in [0.4, 0.5) is 0 Å². The van der Waals surface area contributed by atoms with Crippen molar-refractivity contribution < 1.29 is 14.6 Å². The number of hydrogen-bond acceptors (Lipinski definition) is 4. The van der Waals surface area contributed by atoms with Gasteiger partial charge in [-0.25, -0.2) is 9.48 Å². The lowest BCUT2D eigenvalue weighted by atomic mass is 10.1. The highest BCUT2D eigenvalue weighted by Crippen LogP contribution is 2.11. The van der Waals surface area contributed by atoms with Gasteiger partial charge in [0, 0.05) is 12.4 Å². The summed E-state index contributed by atoms with van der Waals surface area (Å²) < 4.78 is 7.06. The minimum atomic E-state index is -0.384. The first-order chi connectivity index (χ1) is 11.3. The van der Waals surface area contributed by atoms with Crippen molar-refractivity contribution >= 4 is 5.97 Å². The number of aliphatic hydroxyl groups is 1. The molecule has 0 saturated heterocycles. The van der Waals surface area contributed by atoms with Gasteiger partial charge in [0.05, 0.1) is 17.9 Å². The Kier molecular flexibility index (Phi) is 4.49. The SMILES string of the molecule is O=C(OCc1ccc(-n2cccn2)cc1)c1ccc(CO)cc1. The fourth-order valence-corrected chi connectivity index (χ4v) is 2.14. The standard InChI is InChI=1S/C18H16N2O3/c21-12-14-2-6-16(7-3-14)18(22)23-13-15-4-8-17(9-5-15)20-11-1-10-19-20/h1-11,21H,12-13H2. The van der Waals surface area contributed by atoms with Gasteiger partial charge < -0.3 is 9.84 Å². The molecular weight excluding hydrogens is 292 g/mol. The molecule has 0 bridgehead atoms. The van der Waals surface area contributed by atoms with E-state index >= 15 is 0 Å². The first kappa shape index (κ1) is 15.0. The zero-order valence-electron chi connectivity index (χ0n) is 12.4. The highest BCUT2D eigenvalue weighted by Gasteiger charge is 2.07. The summed E-state index contributed by atoms with van der Waals surface area (Å²) in [6.07, 6.45) is 3.59. The molecule has 2 aromatic carbocycles. The van der Waals surface area contributed by atoms with Crippen LogP contribution in [0.15, 0.2) is 67.0 Å². The maximum absolute atomic E-state index is 12.0. The van der Waals surface area contributed by atoms with Crippen molar-refractivity contribution in [2.75, 3.05) is 0 Å². The molecule has 0 radical (unpaired) electrons. The van der Waals surface area contributed by atoms with Crippen LogP contribution in [-0.4, -0.2) is 20.9 Å². The van der Waals surface area contributed by atoms with E-state index in [4.69, 9.17) is 9.84 Å². The largest absolute Gasteiger partial charge is 0.457 e. The van der Waals surface area contributed by atoms with Gasteiger partial charge in [0.2, 0.25) is 0 Å². The molecule has 0 unspecified atom stereocenters. The van der Waals surface area contributed by atoms with Crippen molar-refractivity contribution in [1.82, 2.24) is 9.78 Å². The highest BCUT2D eigenvalue weighted by molar-refractivity contribution is 5.89. The van der Waals surface area contributed by atoms with Gasteiger partial charge in [0.25, 0.3) is 0 Å². The second-order valence-corrected chi connectivity index (χ2v) is 5.05. The van der Waals surface area contributed by atoms with E-state index in [9.17, 15) is 4.79 Å². The van der Waals surface area contributed by atoms with Gasteiger partial charge in [0.1, 0.15) is 6.61 Å². The highest BCUT2D eigenvalue weighted by atomic mass is 16.5. The molecule has 3 aromatic rings. The summed E-state index contributed by atoms with van der Waals surface area (Å²) in [5.74, 6) is -0.384. The number of esters is 1. The maximum atomic E-state index is 12.0. The zero-order valence-corrected chi connectivity index (χ0v) is 12.4. The molecule has 5 heteroatoms. The van der Waals surface area contributed by atoms with E-state index in [1.807, 2.05) is 36.5 Å². The van der Waals surface area contributed by atoms with Gasteiger partial charge in [-0.05, 0) is 41.5 Å². The topological polar surface area (TPSA) is 64.4 Å². The van der Waals surface area contributed by atoms with E-state index in [1.165, 1.54) is 0 Å². The van der Waals surface area contributed by atoms with E-state index in [1.54, 1.807) is 35.1 Å². The van der Waals surface area contributed by atoms with Crippen molar-refractivity contribution in [2.45, 2.75) is 13.2 Å². The van der Waals surface area contributed by atoms with Crippen LogP contribution in [0.25, 0.3) is 5.69 Å². The summed E-state index contributed by atoms with van der Waals surface area (Å²) >= 11 is 0. The minimum absolute atomic E-state index is 0.0437. The van der Waals surface area contributed by atoms with Crippen LogP contribution < -0.4 is 0 Å².